The Morgan fingerprint density at radius 3 is 2.56 bits per heavy atom. The summed E-state index contributed by atoms with van der Waals surface area (Å²) in [5, 5.41) is 12.8. The molecule has 0 unspecified atom stereocenters. The van der Waals surface area contributed by atoms with Gasteiger partial charge in [0.1, 0.15) is 12.4 Å². The average Bonchev–Trinajstić information content (AvgIpc) is 2.82. The molecule has 1 heterocycles. The monoisotopic (exact) mass is 485 g/mol. The summed E-state index contributed by atoms with van der Waals surface area (Å²) in [5.74, 6) is 1.11. The van der Waals surface area contributed by atoms with Crippen molar-refractivity contribution < 1.29 is 19.4 Å². The second kappa shape index (κ2) is 11.2. The fourth-order valence-corrected chi connectivity index (χ4v) is 3.92. The molecule has 0 fully saturated rings. The minimum Gasteiger partial charge on any atom is -0.493 e. The van der Waals surface area contributed by atoms with Gasteiger partial charge in [0, 0.05) is 34.9 Å². The number of carbonyl (C=O) groups excluding carboxylic acids is 1. The number of aliphatic hydroxyl groups excluding tert-OH is 1. The van der Waals surface area contributed by atoms with Gasteiger partial charge >= 0.3 is 0 Å². The highest BCUT2D eigenvalue weighted by Crippen LogP contribution is 2.30. The van der Waals surface area contributed by atoms with Crippen LogP contribution in [-0.4, -0.2) is 41.4 Å². The van der Waals surface area contributed by atoms with Crippen LogP contribution in [0.5, 0.6) is 11.5 Å². The van der Waals surface area contributed by atoms with Crippen LogP contribution in [0, 0.1) is 6.92 Å². The van der Waals surface area contributed by atoms with Gasteiger partial charge in [-0.05, 0) is 43.7 Å². The van der Waals surface area contributed by atoms with Crippen LogP contribution >= 0.6 is 11.6 Å². The molecular weight excluding hydrogens is 458 g/mol. The highest BCUT2D eigenvalue weighted by atomic mass is 35.5. The zero-order valence-electron chi connectivity index (χ0n) is 19.6. The molecule has 8 nitrogen and oxygen atoms in total. The van der Waals surface area contributed by atoms with Gasteiger partial charge in [0.15, 0.2) is 11.5 Å². The number of benzene rings is 2. The zero-order valence-corrected chi connectivity index (χ0v) is 20.3. The molecule has 2 N–H and O–H groups in total. The van der Waals surface area contributed by atoms with Crippen molar-refractivity contribution in [1.29, 1.82) is 0 Å². The first kappa shape index (κ1) is 25.3. The summed E-state index contributed by atoms with van der Waals surface area (Å²) in [5.41, 5.74) is 1.93. The summed E-state index contributed by atoms with van der Waals surface area (Å²) >= 11 is 6.15. The number of ether oxygens (including phenoxy) is 2. The van der Waals surface area contributed by atoms with E-state index in [0.29, 0.717) is 39.2 Å². The fraction of sp³-hybridized carbons (Fsp3) is 0.320. The van der Waals surface area contributed by atoms with Gasteiger partial charge in [-0.3, -0.25) is 14.2 Å². The number of nitrogens with one attached hydrogen (secondary N) is 1. The van der Waals surface area contributed by atoms with E-state index in [1.807, 2.05) is 13.0 Å². The van der Waals surface area contributed by atoms with Crippen molar-refractivity contribution in [3.05, 3.63) is 74.7 Å². The van der Waals surface area contributed by atoms with E-state index in [0.717, 1.165) is 5.56 Å². The number of aliphatic hydroxyl groups is 1. The second-order valence-electron chi connectivity index (χ2n) is 7.78. The molecule has 180 valence electrons. The highest BCUT2D eigenvalue weighted by molar-refractivity contribution is 6.30. The maximum Gasteiger partial charge on any atom is 0.257 e. The molecule has 0 saturated heterocycles. The third-order valence-electron chi connectivity index (χ3n) is 5.50. The molecule has 1 atom stereocenters. The molecule has 0 aliphatic carbocycles. The van der Waals surface area contributed by atoms with E-state index in [4.69, 9.17) is 21.1 Å². The van der Waals surface area contributed by atoms with Gasteiger partial charge in [-0.1, -0.05) is 29.8 Å². The number of aromatic nitrogens is 2. The molecule has 0 bridgehead atoms. The second-order valence-corrected chi connectivity index (χ2v) is 8.21. The van der Waals surface area contributed by atoms with E-state index >= 15 is 0 Å². The van der Waals surface area contributed by atoms with Gasteiger partial charge in [-0.2, -0.15) is 0 Å². The number of carbonyl (C=O) groups is 1. The number of methoxy groups -OCH3 is 2. The molecule has 1 aromatic heterocycles. The Kier molecular flexibility index (Phi) is 8.31. The van der Waals surface area contributed by atoms with Gasteiger partial charge < -0.3 is 19.9 Å². The number of nitrogens with zero attached hydrogens (tertiary/aromatic N) is 2. The lowest BCUT2D eigenvalue weighted by atomic mass is 10.1. The standard InChI is InChI=1S/C25H28ClN3O5/c1-15(17-8-9-21(33-3)22(13-17)34-4)27-23(31)14-29-24(18-6-5-7-19(26)12-18)28-16(2)20(10-11-30)25(29)32/h5-9,12-13,15,30H,10-11,14H2,1-4H3,(H,27,31)/t15-/m1/s1. The van der Waals surface area contributed by atoms with E-state index in [1.54, 1.807) is 57.5 Å². The smallest absolute Gasteiger partial charge is 0.257 e. The molecule has 0 aliphatic heterocycles. The molecule has 1 amide bonds. The Morgan fingerprint density at radius 2 is 1.91 bits per heavy atom. The quantitative estimate of drug-likeness (QED) is 0.482. The van der Waals surface area contributed by atoms with Crippen molar-refractivity contribution in [2.24, 2.45) is 0 Å². The first-order valence-electron chi connectivity index (χ1n) is 10.8. The first-order chi connectivity index (χ1) is 16.3. The third-order valence-corrected chi connectivity index (χ3v) is 5.74. The molecule has 0 aliphatic rings. The molecule has 34 heavy (non-hydrogen) atoms. The predicted molar refractivity (Wildman–Crippen MR) is 131 cm³/mol. The Hall–Kier alpha value is -3.36. The Morgan fingerprint density at radius 1 is 1.18 bits per heavy atom. The van der Waals surface area contributed by atoms with Gasteiger partial charge in [0.25, 0.3) is 5.56 Å². The van der Waals surface area contributed by atoms with Gasteiger partial charge in [0.2, 0.25) is 5.91 Å². The Bertz CT molecular complexity index is 1240. The minimum atomic E-state index is -0.370. The van der Waals surface area contributed by atoms with Crippen LogP contribution in [0.3, 0.4) is 0 Å². The summed E-state index contributed by atoms with van der Waals surface area (Å²) in [6, 6.07) is 12.0. The van der Waals surface area contributed by atoms with Gasteiger partial charge in [0.05, 0.1) is 20.3 Å². The van der Waals surface area contributed by atoms with Crippen LogP contribution in [0.15, 0.2) is 47.3 Å². The van der Waals surface area contributed by atoms with E-state index in [2.05, 4.69) is 10.3 Å². The van der Waals surface area contributed by atoms with Crippen molar-refractivity contribution in [2.75, 3.05) is 20.8 Å². The molecule has 3 aromatic rings. The summed E-state index contributed by atoms with van der Waals surface area (Å²) < 4.78 is 11.9. The summed E-state index contributed by atoms with van der Waals surface area (Å²) in [4.78, 5) is 30.9. The number of amides is 1. The highest BCUT2D eigenvalue weighted by Gasteiger charge is 2.19. The third kappa shape index (κ3) is 5.58. The molecule has 0 saturated carbocycles. The van der Waals surface area contributed by atoms with E-state index in [9.17, 15) is 14.7 Å². The summed E-state index contributed by atoms with van der Waals surface area (Å²) in [7, 11) is 3.10. The lowest BCUT2D eigenvalue weighted by molar-refractivity contribution is -0.122. The largest absolute Gasteiger partial charge is 0.493 e. The SMILES string of the molecule is COc1ccc([C@@H](C)NC(=O)Cn2c(-c3cccc(Cl)c3)nc(C)c(CCO)c2=O)cc1OC. The van der Waals surface area contributed by atoms with Gasteiger partial charge in [-0.15, -0.1) is 0 Å². The molecule has 9 heteroatoms. The van der Waals surface area contributed by atoms with Crippen molar-refractivity contribution in [3.8, 4) is 22.9 Å². The number of aryl methyl sites for hydroxylation is 1. The maximum atomic E-state index is 13.3. The van der Waals surface area contributed by atoms with Crippen LogP contribution in [0.1, 0.15) is 29.8 Å². The van der Waals surface area contributed by atoms with E-state index in [-0.39, 0.29) is 37.1 Å². The predicted octanol–water partition coefficient (Wildman–Crippen LogP) is 3.30. The van der Waals surface area contributed by atoms with E-state index < -0.39 is 0 Å². The van der Waals surface area contributed by atoms with Crippen molar-refractivity contribution in [2.45, 2.75) is 32.9 Å². The zero-order chi connectivity index (χ0) is 24.8. The van der Waals surface area contributed by atoms with Crippen LogP contribution in [-0.2, 0) is 17.8 Å². The number of halogens is 1. The molecule has 0 spiro atoms. The first-order valence-corrected chi connectivity index (χ1v) is 11.1. The lowest BCUT2D eigenvalue weighted by Gasteiger charge is -2.19. The van der Waals surface area contributed by atoms with Crippen LogP contribution < -0.4 is 20.3 Å². The average molecular weight is 486 g/mol. The van der Waals surface area contributed by atoms with Crippen molar-refractivity contribution >= 4 is 17.5 Å². The van der Waals surface area contributed by atoms with Crippen molar-refractivity contribution in [1.82, 2.24) is 14.9 Å². The minimum absolute atomic E-state index is 0.150. The van der Waals surface area contributed by atoms with E-state index in [1.165, 1.54) is 4.57 Å². The molecular formula is C25H28ClN3O5. The van der Waals surface area contributed by atoms with Crippen LogP contribution in [0.25, 0.3) is 11.4 Å². The fourth-order valence-electron chi connectivity index (χ4n) is 3.73. The summed E-state index contributed by atoms with van der Waals surface area (Å²) in [6.45, 7) is 3.11. The molecule has 3 rings (SSSR count). The van der Waals surface area contributed by atoms with Gasteiger partial charge in [-0.25, -0.2) is 4.98 Å². The van der Waals surface area contributed by atoms with Crippen LogP contribution in [0.4, 0.5) is 0 Å². The topological polar surface area (TPSA) is 103 Å². The number of rotatable bonds is 9. The molecule has 2 aromatic carbocycles. The maximum absolute atomic E-state index is 13.3. The van der Waals surface area contributed by atoms with Crippen molar-refractivity contribution in [3.63, 3.8) is 0 Å². The Labute approximate surface area is 203 Å². The normalized spacial score (nSPS) is 11.7. The number of hydrogen-bond acceptors (Lipinski definition) is 6. The lowest BCUT2D eigenvalue weighted by Crippen LogP contribution is -2.36. The summed E-state index contributed by atoms with van der Waals surface area (Å²) in [6.07, 6.45) is 0.150. The molecule has 0 radical (unpaired) electrons. The van der Waals surface area contributed by atoms with Crippen LogP contribution in [0.2, 0.25) is 5.02 Å². The Balaban J connectivity index is 1.93. The number of hydrogen-bond donors (Lipinski definition) is 2.